The Balaban J connectivity index is 1.85. The maximum Gasteiger partial charge on any atom is 0.326 e. The van der Waals surface area contributed by atoms with Gasteiger partial charge in [0.2, 0.25) is 5.91 Å². The van der Waals surface area contributed by atoms with Crippen molar-refractivity contribution in [2.45, 2.75) is 25.3 Å². The van der Waals surface area contributed by atoms with E-state index in [0.29, 0.717) is 18.7 Å². The number of aromatic nitrogens is 2. The minimum atomic E-state index is -0.924. The summed E-state index contributed by atoms with van der Waals surface area (Å²) in [4.78, 5) is 25.0. The molecule has 1 amide bonds. The largest absolute Gasteiger partial charge is 0.480 e. The van der Waals surface area contributed by atoms with Gasteiger partial charge in [-0.2, -0.15) is 5.10 Å². The van der Waals surface area contributed by atoms with E-state index in [9.17, 15) is 9.59 Å². The number of aliphatic carboxylic acids is 1. The normalized spacial score (nSPS) is 18.3. The van der Waals surface area contributed by atoms with Gasteiger partial charge in [0.15, 0.2) is 0 Å². The molecule has 1 fully saturated rings. The highest BCUT2D eigenvalue weighted by Crippen LogP contribution is 2.22. The standard InChI is InChI=1S/C15H17N3O3/c1-17-12-6-3-2-5-10(12)11(16-17)9-14(19)18-8-4-7-13(18)15(20)21/h2-3,5-6,13H,4,7-9H2,1H3,(H,20,21)/t13-/m1/s1. The number of amides is 1. The van der Waals surface area contributed by atoms with Gasteiger partial charge in [0, 0.05) is 19.0 Å². The van der Waals surface area contributed by atoms with Crippen LogP contribution in [-0.2, 0) is 23.1 Å². The highest BCUT2D eigenvalue weighted by atomic mass is 16.4. The molecule has 0 aliphatic carbocycles. The molecule has 2 aromatic rings. The second-order valence-corrected chi connectivity index (χ2v) is 5.35. The number of rotatable bonds is 3. The Hall–Kier alpha value is -2.37. The van der Waals surface area contributed by atoms with E-state index < -0.39 is 12.0 Å². The first-order chi connectivity index (χ1) is 10.1. The van der Waals surface area contributed by atoms with E-state index in [0.717, 1.165) is 17.3 Å². The van der Waals surface area contributed by atoms with Gasteiger partial charge in [0.25, 0.3) is 0 Å². The molecule has 0 radical (unpaired) electrons. The number of carbonyl (C=O) groups is 2. The Morgan fingerprint density at radius 3 is 2.90 bits per heavy atom. The van der Waals surface area contributed by atoms with Gasteiger partial charge >= 0.3 is 5.97 Å². The van der Waals surface area contributed by atoms with Crippen LogP contribution in [0.15, 0.2) is 24.3 Å². The van der Waals surface area contributed by atoms with Crippen molar-refractivity contribution in [2.75, 3.05) is 6.54 Å². The molecule has 110 valence electrons. The first-order valence-electron chi connectivity index (χ1n) is 7.01. The summed E-state index contributed by atoms with van der Waals surface area (Å²) < 4.78 is 1.75. The Labute approximate surface area is 122 Å². The molecule has 1 aliphatic rings. The average molecular weight is 287 g/mol. The van der Waals surface area contributed by atoms with Crippen LogP contribution in [0.5, 0.6) is 0 Å². The van der Waals surface area contributed by atoms with Crippen LogP contribution in [-0.4, -0.2) is 44.3 Å². The third-order valence-electron chi connectivity index (χ3n) is 4.01. The summed E-state index contributed by atoms with van der Waals surface area (Å²) in [7, 11) is 1.84. The number of carbonyl (C=O) groups excluding carboxylic acids is 1. The van der Waals surface area contributed by atoms with E-state index >= 15 is 0 Å². The van der Waals surface area contributed by atoms with Gasteiger partial charge in [0.1, 0.15) is 6.04 Å². The third-order valence-corrected chi connectivity index (χ3v) is 4.01. The Morgan fingerprint density at radius 1 is 1.38 bits per heavy atom. The fourth-order valence-electron chi connectivity index (χ4n) is 2.99. The fraction of sp³-hybridized carbons (Fsp3) is 0.400. The van der Waals surface area contributed by atoms with E-state index in [2.05, 4.69) is 5.10 Å². The monoisotopic (exact) mass is 287 g/mol. The first kappa shape index (κ1) is 13.6. The van der Waals surface area contributed by atoms with Crippen LogP contribution in [0.25, 0.3) is 10.9 Å². The summed E-state index contributed by atoms with van der Waals surface area (Å²) >= 11 is 0. The van der Waals surface area contributed by atoms with Gasteiger partial charge in [-0.05, 0) is 18.9 Å². The van der Waals surface area contributed by atoms with E-state index in [1.807, 2.05) is 31.3 Å². The van der Waals surface area contributed by atoms with Crippen molar-refractivity contribution in [1.29, 1.82) is 0 Å². The zero-order valence-electron chi connectivity index (χ0n) is 11.8. The minimum Gasteiger partial charge on any atom is -0.480 e. The number of hydrogen-bond acceptors (Lipinski definition) is 3. The molecular weight excluding hydrogens is 270 g/mol. The predicted octanol–water partition coefficient (Wildman–Crippen LogP) is 1.19. The van der Waals surface area contributed by atoms with Crippen LogP contribution in [0.1, 0.15) is 18.5 Å². The highest BCUT2D eigenvalue weighted by Gasteiger charge is 2.34. The summed E-state index contributed by atoms with van der Waals surface area (Å²) in [5.74, 6) is -1.09. The summed E-state index contributed by atoms with van der Waals surface area (Å²) in [6.45, 7) is 0.514. The Bertz CT molecular complexity index is 707. The van der Waals surface area contributed by atoms with Gasteiger partial charge in [-0.3, -0.25) is 9.48 Å². The lowest BCUT2D eigenvalue weighted by Crippen LogP contribution is -2.41. The lowest BCUT2D eigenvalue weighted by molar-refractivity contribution is -0.148. The van der Waals surface area contributed by atoms with Crippen molar-refractivity contribution in [1.82, 2.24) is 14.7 Å². The van der Waals surface area contributed by atoms with Crippen LogP contribution in [0.4, 0.5) is 0 Å². The molecular formula is C15H17N3O3. The van der Waals surface area contributed by atoms with Gasteiger partial charge in [-0.15, -0.1) is 0 Å². The van der Waals surface area contributed by atoms with E-state index in [4.69, 9.17) is 5.11 Å². The van der Waals surface area contributed by atoms with E-state index in [1.165, 1.54) is 4.90 Å². The zero-order chi connectivity index (χ0) is 15.0. The maximum atomic E-state index is 12.4. The number of carboxylic acid groups (broad SMARTS) is 1. The van der Waals surface area contributed by atoms with E-state index in [-0.39, 0.29) is 12.3 Å². The molecule has 1 aromatic heterocycles. The first-order valence-corrected chi connectivity index (χ1v) is 7.01. The smallest absolute Gasteiger partial charge is 0.326 e. The molecule has 0 spiro atoms. The Morgan fingerprint density at radius 2 is 2.14 bits per heavy atom. The lowest BCUT2D eigenvalue weighted by atomic mass is 10.1. The molecule has 6 heteroatoms. The number of carboxylic acids is 1. The number of likely N-dealkylation sites (tertiary alicyclic amines) is 1. The number of hydrogen-bond donors (Lipinski definition) is 1. The molecule has 3 rings (SSSR count). The average Bonchev–Trinajstić information content (AvgIpc) is 3.06. The summed E-state index contributed by atoms with van der Waals surface area (Å²) in [5, 5.41) is 14.5. The number of nitrogens with zero attached hydrogens (tertiary/aromatic N) is 3. The number of benzene rings is 1. The van der Waals surface area contributed by atoms with Gasteiger partial charge in [0.05, 0.1) is 17.6 Å². The second-order valence-electron chi connectivity index (χ2n) is 5.35. The SMILES string of the molecule is Cn1nc(CC(=O)N2CCC[C@@H]2C(=O)O)c2ccccc21. The van der Waals surface area contributed by atoms with Gasteiger partial charge in [-0.25, -0.2) is 4.79 Å². The molecule has 0 unspecified atom stereocenters. The molecule has 0 bridgehead atoms. The van der Waals surface area contributed by atoms with Crippen LogP contribution < -0.4 is 0 Å². The molecule has 21 heavy (non-hydrogen) atoms. The van der Waals surface area contributed by atoms with Crippen molar-refractivity contribution in [3.05, 3.63) is 30.0 Å². The topological polar surface area (TPSA) is 75.4 Å². The molecule has 0 saturated carbocycles. The zero-order valence-corrected chi connectivity index (χ0v) is 11.8. The minimum absolute atomic E-state index is 0.144. The molecule has 2 heterocycles. The summed E-state index contributed by atoms with van der Waals surface area (Å²) in [6, 6.07) is 7.03. The van der Waals surface area contributed by atoms with Crippen LogP contribution in [0.2, 0.25) is 0 Å². The van der Waals surface area contributed by atoms with Crippen molar-refractivity contribution in [3.8, 4) is 0 Å². The predicted molar refractivity (Wildman–Crippen MR) is 76.8 cm³/mol. The number of aryl methyl sites for hydroxylation is 1. The van der Waals surface area contributed by atoms with E-state index in [1.54, 1.807) is 4.68 Å². The van der Waals surface area contributed by atoms with Crippen LogP contribution in [0, 0.1) is 0 Å². The molecule has 1 saturated heterocycles. The number of fused-ring (bicyclic) bond motifs is 1. The summed E-state index contributed by atoms with van der Waals surface area (Å²) in [5.41, 5.74) is 1.67. The van der Waals surface area contributed by atoms with Gasteiger partial charge < -0.3 is 10.0 Å². The summed E-state index contributed by atoms with van der Waals surface area (Å²) in [6.07, 6.45) is 1.42. The van der Waals surface area contributed by atoms with Crippen molar-refractivity contribution < 1.29 is 14.7 Å². The fourth-order valence-corrected chi connectivity index (χ4v) is 2.99. The Kier molecular flexibility index (Phi) is 3.37. The third kappa shape index (κ3) is 2.37. The molecule has 6 nitrogen and oxygen atoms in total. The molecule has 1 aliphatic heterocycles. The van der Waals surface area contributed by atoms with Crippen molar-refractivity contribution >= 4 is 22.8 Å². The second kappa shape index (κ2) is 5.20. The van der Waals surface area contributed by atoms with Crippen molar-refractivity contribution in [3.63, 3.8) is 0 Å². The quantitative estimate of drug-likeness (QED) is 0.920. The molecule has 1 aromatic carbocycles. The maximum absolute atomic E-state index is 12.4. The number of para-hydroxylation sites is 1. The van der Waals surface area contributed by atoms with Crippen molar-refractivity contribution in [2.24, 2.45) is 7.05 Å². The molecule has 1 atom stereocenters. The highest BCUT2D eigenvalue weighted by molar-refractivity contribution is 5.90. The lowest BCUT2D eigenvalue weighted by Gasteiger charge is -2.20. The van der Waals surface area contributed by atoms with Crippen LogP contribution >= 0.6 is 0 Å². The molecule has 1 N–H and O–H groups in total. The van der Waals surface area contributed by atoms with Gasteiger partial charge in [-0.1, -0.05) is 18.2 Å². The van der Waals surface area contributed by atoms with Crippen LogP contribution in [0.3, 0.4) is 0 Å².